The summed E-state index contributed by atoms with van der Waals surface area (Å²) in [7, 11) is 0. The summed E-state index contributed by atoms with van der Waals surface area (Å²) in [5.41, 5.74) is 2.25. The molecule has 0 spiro atoms. The van der Waals surface area contributed by atoms with Gasteiger partial charge in [-0.2, -0.15) is 0 Å². The number of hydrogen-bond donors (Lipinski definition) is 5. The molecule has 0 aliphatic carbocycles. The van der Waals surface area contributed by atoms with Crippen LogP contribution in [0.1, 0.15) is 27.4 Å². The molecule has 10 heteroatoms. The van der Waals surface area contributed by atoms with Gasteiger partial charge in [0.15, 0.2) is 5.78 Å². The van der Waals surface area contributed by atoms with Gasteiger partial charge in [0, 0.05) is 40.8 Å². The second-order valence-electron chi connectivity index (χ2n) is 7.86. The Morgan fingerprint density at radius 2 is 1.42 bits per heavy atom. The van der Waals surface area contributed by atoms with Crippen LogP contribution in [-0.2, 0) is 14.4 Å². The van der Waals surface area contributed by atoms with Gasteiger partial charge in [-0.05, 0) is 23.8 Å². The van der Waals surface area contributed by atoms with Crippen LogP contribution >= 0.6 is 11.6 Å². The third-order valence-electron chi connectivity index (χ3n) is 5.07. The van der Waals surface area contributed by atoms with Gasteiger partial charge in [-0.1, -0.05) is 72.3 Å². The molecule has 0 aliphatic heterocycles. The predicted molar refractivity (Wildman–Crippen MR) is 144 cm³/mol. The second-order valence-corrected chi connectivity index (χ2v) is 8.30. The molecule has 3 rings (SSSR count). The van der Waals surface area contributed by atoms with Crippen LogP contribution in [0.5, 0.6) is 0 Å². The molecule has 5 N–H and O–H groups in total. The Morgan fingerprint density at radius 1 is 0.842 bits per heavy atom. The van der Waals surface area contributed by atoms with Gasteiger partial charge in [0.05, 0.1) is 18.8 Å². The van der Waals surface area contributed by atoms with Crippen molar-refractivity contribution in [3.05, 3.63) is 113 Å². The highest BCUT2D eigenvalue weighted by atomic mass is 35.5. The van der Waals surface area contributed by atoms with E-state index in [0.29, 0.717) is 40.5 Å². The lowest BCUT2D eigenvalue weighted by Crippen LogP contribution is -2.32. The molecule has 0 heterocycles. The molecule has 1 unspecified atom stereocenters. The minimum absolute atomic E-state index is 0.0223. The summed E-state index contributed by atoms with van der Waals surface area (Å²) in [6, 6.07) is 23.3. The van der Waals surface area contributed by atoms with Crippen molar-refractivity contribution in [2.24, 2.45) is 0 Å². The van der Waals surface area contributed by atoms with Crippen LogP contribution in [0.2, 0.25) is 5.02 Å². The van der Waals surface area contributed by atoms with E-state index < -0.39 is 11.9 Å². The number of aliphatic hydroxyl groups excluding tert-OH is 1. The minimum atomic E-state index is -1.26. The number of halogens is 1. The molecule has 0 bridgehead atoms. The lowest BCUT2D eigenvalue weighted by atomic mass is 10.0. The summed E-state index contributed by atoms with van der Waals surface area (Å²) in [4.78, 5) is 44.4. The van der Waals surface area contributed by atoms with Crippen LogP contribution < -0.4 is 10.6 Å². The Balaban J connectivity index is 0.000000550. The lowest BCUT2D eigenvalue weighted by molar-refractivity contribution is -0.134. The SMILES string of the molecule is O=C(CNCC(CO)c1ccccc1)Nc1ccc(Cl)cc1C(=O)c1ccccc1.O=C(O)/C=C\C(=O)O. The predicted octanol–water partition coefficient (Wildman–Crippen LogP) is 3.59. The number of rotatable bonds is 11. The zero-order chi connectivity index (χ0) is 27.9. The molecule has 0 saturated heterocycles. The van der Waals surface area contributed by atoms with Gasteiger partial charge in [0.1, 0.15) is 0 Å². The fourth-order valence-corrected chi connectivity index (χ4v) is 3.44. The highest BCUT2D eigenvalue weighted by Gasteiger charge is 2.16. The number of anilines is 1. The van der Waals surface area contributed by atoms with Crippen molar-refractivity contribution in [2.45, 2.75) is 5.92 Å². The molecular weight excluding hydrogens is 512 g/mol. The van der Waals surface area contributed by atoms with Crippen LogP contribution in [0.15, 0.2) is 91.0 Å². The zero-order valence-electron chi connectivity index (χ0n) is 20.2. The maximum atomic E-state index is 12.8. The van der Waals surface area contributed by atoms with Crippen LogP contribution in [0.3, 0.4) is 0 Å². The Morgan fingerprint density at radius 3 is 1.97 bits per heavy atom. The lowest BCUT2D eigenvalue weighted by Gasteiger charge is -2.16. The van der Waals surface area contributed by atoms with Crippen molar-refractivity contribution in [3.8, 4) is 0 Å². The Hall–Kier alpha value is -4.31. The summed E-state index contributed by atoms with van der Waals surface area (Å²) < 4.78 is 0. The fraction of sp³-hybridized carbons (Fsp3) is 0.143. The van der Waals surface area contributed by atoms with E-state index in [4.69, 9.17) is 21.8 Å². The Bertz CT molecular complexity index is 1250. The highest BCUT2D eigenvalue weighted by molar-refractivity contribution is 6.31. The van der Waals surface area contributed by atoms with Gasteiger partial charge < -0.3 is 26.0 Å². The summed E-state index contributed by atoms with van der Waals surface area (Å²) >= 11 is 6.08. The number of carboxylic acid groups (broad SMARTS) is 2. The maximum Gasteiger partial charge on any atom is 0.328 e. The third kappa shape index (κ3) is 10.4. The largest absolute Gasteiger partial charge is 0.478 e. The minimum Gasteiger partial charge on any atom is -0.478 e. The molecule has 38 heavy (non-hydrogen) atoms. The highest BCUT2D eigenvalue weighted by Crippen LogP contribution is 2.23. The number of ketones is 1. The average Bonchev–Trinajstić information content (AvgIpc) is 2.92. The number of benzene rings is 3. The first kappa shape index (κ1) is 29.9. The van der Waals surface area contributed by atoms with E-state index in [-0.39, 0.29) is 30.8 Å². The van der Waals surface area contributed by atoms with Crippen molar-refractivity contribution in [1.29, 1.82) is 0 Å². The first-order valence-corrected chi connectivity index (χ1v) is 11.8. The number of carbonyl (C=O) groups is 4. The molecule has 3 aromatic carbocycles. The van der Waals surface area contributed by atoms with E-state index in [0.717, 1.165) is 5.56 Å². The van der Waals surface area contributed by atoms with E-state index in [2.05, 4.69) is 10.6 Å². The van der Waals surface area contributed by atoms with Crippen LogP contribution in [0, 0.1) is 0 Å². The van der Waals surface area contributed by atoms with E-state index in [9.17, 15) is 24.3 Å². The van der Waals surface area contributed by atoms with Crippen LogP contribution in [-0.4, -0.2) is 58.6 Å². The monoisotopic (exact) mass is 538 g/mol. The summed E-state index contributed by atoms with van der Waals surface area (Å²) in [6.07, 6.45) is 1.12. The Kier molecular flexibility index (Phi) is 12.4. The van der Waals surface area contributed by atoms with E-state index in [1.165, 1.54) is 0 Å². The molecular formula is C28H27ClN2O7. The zero-order valence-corrected chi connectivity index (χ0v) is 21.0. The van der Waals surface area contributed by atoms with Gasteiger partial charge in [0.2, 0.25) is 5.91 Å². The van der Waals surface area contributed by atoms with Crippen molar-refractivity contribution in [3.63, 3.8) is 0 Å². The molecule has 0 aromatic heterocycles. The Labute approximate surface area is 224 Å². The molecule has 0 radical (unpaired) electrons. The van der Waals surface area contributed by atoms with Gasteiger partial charge >= 0.3 is 11.9 Å². The summed E-state index contributed by atoms with van der Waals surface area (Å²) in [6.45, 7) is 0.473. The molecule has 198 valence electrons. The smallest absolute Gasteiger partial charge is 0.328 e. The first-order valence-electron chi connectivity index (χ1n) is 11.4. The normalized spacial score (nSPS) is 11.2. The standard InChI is InChI=1S/C24H23ClN2O3.C4H4O4/c25-20-11-12-22(21(13-20)24(30)18-9-5-2-6-10-18)27-23(29)15-26-14-19(16-28)17-7-3-1-4-8-17;5-3(6)1-2-4(7)8/h1-13,19,26,28H,14-16H2,(H,27,29);1-2H,(H,5,6)(H,7,8)/b;2-1-. The maximum absolute atomic E-state index is 12.8. The van der Waals surface area contributed by atoms with Crippen molar-refractivity contribution < 1.29 is 34.5 Å². The number of amides is 1. The topological polar surface area (TPSA) is 153 Å². The number of hydrogen-bond acceptors (Lipinski definition) is 6. The number of aliphatic carboxylic acids is 2. The summed E-state index contributed by atoms with van der Waals surface area (Å²) in [5, 5.41) is 31.5. The van der Waals surface area contributed by atoms with Gasteiger partial charge in [-0.15, -0.1) is 0 Å². The first-order chi connectivity index (χ1) is 18.2. The van der Waals surface area contributed by atoms with E-state index in [1.54, 1.807) is 42.5 Å². The molecule has 0 saturated carbocycles. The molecule has 0 aliphatic rings. The number of carboxylic acids is 2. The number of aliphatic hydroxyl groups is 1. The van der Waals surface area contributed by atoms with E-state index in [1.807, 2.05) is 36.4 Å². The second kappa shape index (κ2) is 15.7. The average molecular weight is 539 g/mol. The van der Waals surface area contributed by atoms with Crippen molar-refractivity contribution in [2.75, 3.05) is 25.0 Å². The van der Waals surface area contributed by atoms with Gasteiger partial charge in [-0.25, -0.2) is 9.59 Å². The van der Waals surface area contributed by atoms with Crippen LogP contribution in [0.25, 0.3) is 0 Å². The third-order valence-corrected chi connectivity index (χ3v) is 5.31. The van der Waals surface area contributed by atoms with Gasteiger partial charge in [-0.3, -0.25) is 9.59 Å². The molecule has 1 atom stereocenters. The quantitative estimate of drug-likeness (QED) is 0.183. The summed E-state index contributed by atoms with van der Waals surface area (Å²) in [5.74, 6) is -3.13. The fourth-order valence-electron chi connectivity index (χ4n) is 3.27. The van der Waals surface area contributed by atoms with Crippen molar-refractivity contribution >= 4 is 40.9 Å². The number of nitrogens with one attached hydrogen (secondary N) is 2. The van der Waals surface area contributed by atoms with Crippen molar-refractivity contribution in [1.82, 2.24) is 5.32 Å². The van der Waals surface area contributed by atoms with Gasteiger partial charge in [0.25, 0.3) is 0 Å². The van der Waals surface area contributed by atoms with Crippen LogP contribution in [0.4, 0.5) is 5.69 Å². The molecule has 0 fully saturated rings. The van der Waals surface area contributed by atoms with E-state index >= 15 is 0 Å². The number of carbonyl (C=O) groups excluding carboxylic acids is 2. The molecule has 3 aromatic rings. The molecule has 9 nitrogen and oxygen atoms in total. The molecule has 1 amide bonds.